The Morgan fingerprint density at radius 3 is 2.18 bits per heavy atom. The maximum atomic E-state index is 13.0. The number of amides is 1. The molecule has 2 aromatic rings. The molecule has 146 valence electrons. The van der Waals surface area contributed by atoms with Crippen molar-refractivity contribution in [2.24, 2.45) is 5.92 Å². The van der Waals surface area contributed by atoms with E-state index >= 15 is 0 Å². The standard InChI is InChI=1S/C22H23NO4S/c1-15(14-28-22(27)16-7-3-2-4-8-16)21(26)23(13-20(24)25)19-11-17-9-5-6-10-18(17)12-19/h2-10,15,19H,11-14H2,1H3,(H,24,25)/t15-/m0/s1. The number of nitrogens with zero attached hydrogens (tertiary/aromatic N) is 1. The third kappa shape index (κ3) is 4.81. The Balaban J connectivity index is 1.64. The molecule has 3 rings (SSSR count). The van der Waals surface area contributed by atoms with Crippen molar-refractivity contribution < 1.29 is 19.5 Å². The molecule has 1 N–H and O–H groups in total. The number of carboxylic acids is 1. The average Bonchev–Trinajstić information content (AvgIpc) is 3.13. The first-order valence-electron chi connectivity index (χ1n) is 9.27. The van der Waals surface area contributed by atoms with E-state index in [0.717, 1.165) is 22.9 Å². The van der Waals surface area contributed by atoms with Gasteiger partial charge in [0.1, 0.15) is 6.54 Å². The smallest absolute Gasteiger partial charge is 0.323 e. The maximum absolute atomic E-state index is 13.0. The van der Waals surface area contributed by atoms with Gasteiger partial charge in [0.15, 0.2) is 0 Å². The fraction of sp³-hybridized carbons (Fsp3) is 0.318. The van der Waals surface area contributed by atoms with E-state index in [1.807, 2.05) is 30.3 Å². The molecule has 1 atom stereocenters. The Labute approximate surface area is 168 Å². The highest BCUT2D eigenvalue weighted by atomic mass is 32.2. The Hall–Kier alpha value is -2.60. The summed E-state index contributed by atoms with van der Waals surface area (Å²) in [6, 6.07) is 16.7. The number of rotatable bonds is 7. The number of carboxylic acid groups (broad SMARTS) is 1. The minimum absolute atomic E-state index is 0.0849. The molecule has 6 heteroatoms. The van der Waals surface area contributed by atoms with Gasteiger partial charge in [0, 0.05) is 23.3 Å². The Morgan fingerprint density at radius 2 is 1.61 bits per heavy atom. The van der Waals surface area contributed by atoms with E-state index < -0.39 is 11.9 Å². The predicted octanol–water partition coefficient (Wildman–Crippen LogP) is 3.28. The summed E-state index contributed by atoms with van der Waals surface area (Å²) in [5.41, 5.74) is 2.93. The number of carbonyl (C=O) groups is 3. The maximum Gasteiger partial charge on any atom is 0.323 e. The van der Waals surface area contributed by atoms with Crippen LogP contribution in [0.25, 0.3) is 0 Å². The molecular weight excluding hydrogens is 374 g/mol. The van der Waals surface area contributed by atoms with E-state index in [1.165, 1.54) is 4.90 Å². The number of thioether (sulfide) groups is 1. The van der Waals surface area contributed by atoms with Crippen molar-refractivity contribution in [3.05, 3.63) is 71.3 Å². The average molecular weight is 397 g/mol. The quantitative estimate of drug-likeness (QED) is 0.776. The molecule has 0 spiro atoms. The minimum atomic E-state index is -1.02. The van der Waals surface area contributed by atoms with E-state index in [0.29, 0.717) is 24.2 Å². The van der Waals surface area contributed by atoms with Gasteiger partial charge in [-0.05, 0) is 24.0 Å². The van der Waals surface area contributed by atoms with Crippen molar-refractivity contribution in [1.29, 1.82) is 0 Å². The van der Waals surface area contributed by atoms with Crippen LogP contribution in [-0.4, -0.2) is 45.3 Å². The van der Waals surface area contributed by atoms with Gasteiger partial charge >= 0.3 is 5.97 Å². The van der Waals surface area contributed by atoms with Crippen LogP contribution in [0.1, 0.15) is 28.4 Å². The molecule has 1 amide bonds. The summed E-state index contributed by atoms with van der Waals surface area (Å²) >= 11 is 1.10. The summed E-state index contributed by atoms with van der Waals surface area (Å²) in [6.07, 6.45) is 1.33. The lowest BCUT2D eigenvalue weighted by molar-refractivity contribution is -0.147. The summed E-state index contributed by atoms with van der Waals surface area (Å²) in [6.45, 7) is 1.43. The van der Waals surface area contributed by atoms with Crippen molar-refractivity contribution in [1.82, 2.24) is 4.90 Å². The second kappa shape index (κ2) is 9.06. The van der Waals surface area contributed by atoms with Crippen molar-refractivity contribution >= 4 is 28.8 Å². The number of carbonyl (C=O) groups excluding carboxylic acids is 2. The number of aliphatic carboxylic acids is 1. The summed E-state index contributed by atoms with van der Waals surface area (Å²) in [5, 5.41) is 9.22. The van der Waals surface area contributed by atoms with Crippen molar-refractivity contribution in [3.8, 4) is 0 Å². The molecule has 0 fully saturated rings. The molecule has 0 aromatic heterocycles. The lowest BCUT2D eigenvalue weighted by Crippen LogP contribution is -2.46. The zero-order chi connectivity index (χ0) is 20.1. The molecule has 28 heavy (non-hydrogen) atoms. The van der Waals surface area contributed by atoms with Crippen LogP contribution in [0, 0.1) is 5.92 Å². The zero-order valence-corrected chi connectivity index (χ0v) is 16.5. The first kappa shape index (κ1) is 20.1. The Morgan fingerprint density at radius 1 is 1.04 bits per heavy atom. The van der Waals surface area contributed by atoms with E-state index in [2.05, 4.69) is 0 Å². The summed E-state index contributed by atoms with van der Waals surface area (Å²) < 4.78 is 0. The second-order valence-corrected chi connectivity index (χ2v) is 8.05. The number of benzene rings is 2. The molecule has 1 aliphatic carbocycles. The fourth-order valence-electron chi connectivity index (χ4n) is 3.50. The van der Waals surface area contributed by atoms with Gasteiger partial charge in [-0.25, -0.2) is 0 Å². The molecule has 0 unspecified atom stereocenters. The Bertz CT molecular complexity index is 843. The molecule has 5 nitrogen and oxygen atoms in total. The van der Waals surface area contributed by atoms with Gasteiger partial charge in [-0.2, -0.15) is 0 Å². The third-order valence-corrected chi connectivity index (χ3v) is 6.12. The monoisotopic (exact) mass is 397 g/mol. The lowest BCUT2D eigenvalue weighted by atomic mass is 10.1. The number of fused-ring (bicyclic) bond motifs is 1. The van der Waals surface area contributed by atoms with Crippen LogP contribution < -0.4 is 0 Å². The minimum Gasteiger partial charge on any atom is -0.480 e. The molecule has 0 saturated carbocycles. The molecule has 2 aromatic carbocycles. The summed E-state index contributed by atoms with van der Waals surface area (Å²) in [5.74, 6) is -1.36. The van der Waals surface area contributed by atoms with Gasteiger partial charge in [-0.15, -0.1) is 0 Å². The van der Waals surface area contributed by atoms with Crippen LogP contribution in [0.5, 0.6) is 0 Å². The van der Waals surface area contributed by atoms with Crippen molar-refractivity contribution in [2.45, 2.75) is 25.8 Å². The van der Waals surface area contributed by atoms with E-state index in [4.69, 9.17) is 0 Å². The third-order valence-electron chi connectivity index (χ3n) is 4.95. The van der Waals surface area contributed by atoms with Crippen molar-refractivity contribution in [3.63, 3.8) is 0 Å². The highest BCUT2D eigenvalue weighted by Gasteiger charge is 2.33. The first-order chi connectivity index (χ1) is 13.5. The van der Waals surface area contributed by atoms with Gasteiger partial charge in [0.2, 0.25) is 11.0 Å². The molecule has 0 saturated heterocycles. The van der Waals surface area contributed by atoms with Crippen LogP contribution >= 0.6 is 11.8 Å². The largest absolute Gasteiger partial charge is 0.480 e. The fourth-order valence-corrected chi connectivity index (χ4v) is 4.35. The van der Waals surface area contributed by atoms with Gasteiger partial charge in [-0.3, -0.25) is 14.4 Å². The number of hydrogen-bond acceptors (Lipinski definition) is 4. The van der Waals surface area contributed by atoms with Gasteiger partial charge < -0.3 is 10.0 Å². The van der Waals surface area contributed by atoms with Crippen molar-refractivity contribution in [2.75, 3.05) is 12.3 Å². The molecule has 0 bridgehead atoms. The highest BCUT2D eigenvalue weighted by molar-refractivity contribution is 8.14. The summed E-state index contributed by atoms with van der Waals surface area (Å²) in [4.78, 5) is 38.1. The van der Waals surface area contributed by atoms with E-state index in [-0.39, 0.29) is 23.6 Å². The normalized spacial score (nSPS) is 14.3. The molecule has 0 radical (unpaired) electrons. The molecule has 0 heterocycles. The predicted molar refractivity (Wildman–Crippen MR) is 109 cm³/mol. The zero-order valence-electron chi connectivity index (χ0n) is 15.7. The number of hydrogen-bond donors (Lipinski definition) is 1. The van der Waals surface area contributed by atoms with Crippen LogP contribution in [0.4, 0.5) is 0 Å². The van der Waals surface area contributed by atoms with Crippen LogP contribution in [-0.2, 0) is 22.4 Å². The van der Waals surface area contributed by atoms with Crippen LogP contribution in [0.3, 0.4) is 0 Å². The van der Waals surface area contributed by atoms with E-state index in [1.54, 1.807) is 31.2 Å². The highest BCUT2D eigenvalue weighted by Crippen LogP contribution is 2.27. The SMILES string of the molecule is C[C@@H](CSC(=O)c1ccccc1)C(=O)N(CC(=O)O)C1Cc2ccccc2C1. The lowest BCUT2D eigenvalue weighted by Gasteiger charge is -2.30. The molecule has 0 aliphatic heterocycles. The Kier molecular flexibility index (Phi) is 6.52. The molecule has 1 aliphatic rings. The summed E-state index contributed by atoms with van der Waals surface area (Å²) in [7, 11) is 0. The van der Waals surface area contributed by atoms with Gasteiger partial charge in [0.25, 0.3) is 0 Å². The van der Waals surface area contributed by atoms with Gasteiger partial charge in [0.05, 0.1) is 0 Å². The molecular formula is C22H23NO4S. The van der Waals surface area contributed by atoms with Crippen LogP contribution in [0.15, 0.2) is 54.6 Å². The van der Waals surface area contributed by atoms with Gasteiger partial charge in [-0.1, -0.05) is 73.3 Å². The van der Waals surface area contributed by atoms with Crippen LogP contribution in [0.2, 0.25) is 0 Å². The topological polar surface area (TPSA) is 74.7 Å². The second-order valence-electron chi connectivity index (χ2n) is 7.06. The first-order valence-corrected chi connectivity index (χ1v) is 10.3. The van der Waals surface area contributed by atoms with E-state index in [9.17, 15) is 19.5 Å².